The highest BCUT2D eigenvalue weighted by Crippen LogP contribution is 2.36. The van der Waals surface area contributed by atoms with Crippen molar-refractivity contribution < 1.29 is 31.4 Å². The molecule has 1 rings (SSSR count). The molecule has 20 heavy (non-hydrogen) atoms. The Kier molecular flexibility index (Phi) is 7.01. The molecule has 1 aromatic carbocycles. The van der Waals surface area contributed by atoms with Crippen LogP contribution in [0.3, 0.4) is 0 Å². The maximum Gasteiger partial charge on any atom is 0.454 e. The van der Waals surface area contributed by atoms with Gasteiger partial charge in [-0.3, -0.25) is 0 Å². The van der Waals surface area contributed by atoms with Crippen LogP contribution in [0.4, 0.5) is 26.3 Å². The predicted octanol–water partition coefficient (Wildman–Crippen LogP) is 3.22. The molecule has 2 nitrogen and oxygen atoms in total. The van der Waals surface area contributed by atoms with E-state index in [0.29, 0.717) is 0 Å². The van der Waals surface area contributed by atoms with E-state index < -0.39 is 18.5 Å². The van der Waals surface area contributed by atoms with Gasteiger partial charge < -0.3 is 10.0 Å². The van der Waals surface area contributed by atoms with Crippen LogP contribution >= 0.6 is 0 Å². The van der Waals surface area contributed by atoms with Crippen molar-refractivity contribution in [1.29, 1.82) is 0 Å². The molecule has 1 aromatic rings. The van der Waals surface area contributed by atoms with E-state index in [2.05, 4.69) is 43.3 Å². The Morgan fingerprint density at radius 1 is 1.05 bits per heavy atom. The average Bonchev–Trinajstić information content (AvgIpc) is 2.28. The highest BCUT2D eigenvalue weighted by molar-refractivity contribution is 5.14. The molecule has 0 heterocycles. The monoisotopic (exact) mass is 303 g/mol. The fourth-order valence-corrected chi connectivity index (χ4v) is 1.07. The summed E-state index contributed by atoms with van der Waals surface area (Å²) in [6.07, 6.45) is -10.4. The number of hydrogen-bond acceptors (Lipinski definition) is 2. The van der Waals surface area contributed by atoms with E-state index in [1.807, 2.05) is 6.07 Å². The number of nitrogens with zero attached hydrogens (tertiary/aromatic N) is 1. The molecule has 0 aliphatic heterocycles. The standard InChI is InChI=1S/C9H13N.C3H2F6O/c1-10(2)8-9-6-4-3-5-7-9;4-1(5)2(6,10)3(7,8)9/h3-7H,8H2,1-2H3;1,10H. The van der Waals surface area contributed by atoms with Crippen LogP contribution in [-0.4, -0.2) is 42.6 Å². The Hall–Kier alpha value is -1.28. The molecule has 8 heteroatoms. The van der Waals surface area contributed by atoms with Gasteiger partial charge in [0.25, 0.3) is 0 Å². The van der Waals surface area contributed by atoms with Crippen molar-refractivity contribution in [2.75, 3.05) is 14.1 Å². The van der Waals surface area contributed by atoms with E-state index >= 15 is 0 Å². The molecule has 0 saturated carbocycles. The van der Waals surface area contributed by atoms with Crippen molar-refractivity contribution in [1.82, 2.24) is 4.90 Å². The second-order valence-corrected chi connectivity index (χ2v) is 4.20. The van der Waals surface area contributed by atoms with Crippen molar-refractivity contribution >= 4 is 0 Å². The van der Waals surface area contributed by atoms with Gasteiger partial charge in [0.05, 0.1) is 0 Å². The molecular formula is C12H15F6NO. The van der Waals surface area contributed by atoms with Gasteiger partial charge in [-0.1, -0.05) is 30.3 Å². The molecule has 0 aromatic heterocycles. The van der Waals surface area contributed by atoms with Crippen LogP contribution < -0.4 is 0 Å². The van der Waals surface area contributed by atoms with E-state index in [4.69, 9.17) is 5.11 Å². The van der Waals surface area contributed by atoms with Gasteiger partial charge in [-0.15, -0.1) is 0 Å². The number of hydrogen-bond donors (Lipinski definition) is 1. The van der Waals surface area contributed by atoms with Crippen molar-refractivity contribution in [2.24, 2.45) is 0 Å². The number of rotatable bonds is 3. The maximum absolute atomic E-state index is 11.4. The zero-order chi connectivity index (χ0) is 16.0. The van der Waals surface area contributed by atoms with Gasteiger partial charge in [0.2, 0.25) is 0 Å². The first-order chi connectivity index (χ1) is 8.98. The normalized spacial score (nSPS) is 14.8. The summed E-state index contributed by atoms with van der Waals surface area (Å²) in [6.45, 7) is 1.03. The molecule has 0 fully saturated rings. The topological polar surface area (TPSA) is 23.5 Å². The first-order valence-electron chi connectivity index (χ1n) is 5.43. The summed E-state index contributed by atoms with van der Waals surface area (Å²) in [6, 6.07) is 10.5. The molecular weight excluding hydrogens is 288 g/mol. The maximum atomic E-state index is 11.4. The Bertz CT molecular complexity index is 377. The zero-order valence-corrected chi connectivity index (χ0v) is 10.8. The van der Waals surface area contributed by atoms with Crippen molar-refractivity contribution in [3.63, 3.8) is 0 Å². The molecule has 116 valence electrons. The van der Waals surface area contributed by atoms with Crippen LogP contribution in [0.1, 0.15) is 5.56 Å². The van der Waals surface area contributed by atoms with E-state index in [0.717, 1.165) is 6.54 Å². The lowest BCUT2D eigenvalue weighted by Crippen LogP contribution is -2.47. The summed E-state index contributed by atoms with van der Waals surface area (Å²) < 4.78 is 66.3. The Morgan fingerprint density at radius 3 is 1.75 bits per heavy atom. The fraction of sp³-hybridized carbons (Fsp3) is 0.500. The van der Waals surface area contributed by atoms with Crippen LogP contribution in [0.15, 0.2) is 30.3 Å². The Morgan fingerprint density at radius 2 is 1.50 bits per heavy atom. The summed E-state index contributed by atoms with van der Waals surface area (Å²) in [5.41, 5.74) is 1.37. The van der Waals surface area contributed by atoms with Crippen LogP contribution in [0.5, 0.6) is 0 Å². The second kappa shape index (κ2) is 7.49. The van der Waals surface area contributed by atoms with Gasteiger partial charge in [-0.25, -0.2) is 8.78 Å². The van der Waals surface area contributed by atoms with Crippen LogP contribution in [0, 0.1) is 0 Å². The number of benzene rings is 1. The Labute approximate surface area is 112 Å². The van der Waals surface area contributed by atoms with Gasteiger partial charge in [-0.05, 0) is 19.7 Å². The van der Waals surface area contributed by atoms with Gasteiger partial charge in [0.1, 0.15) is 0 Å². The smallest absolute Gasteiger partial charge is 0.350 e. The number of aliphatic hydroxyl groups is 1. The summed E-state index contributed by atoms with van der Waals surface area (Å²) >= 11 is 0. The van der Waals surface area contributed by atoms with Gasteiger partial charge in [-0.2, -0.15) is 17.6 Å². The van der Waals surface area contributed by atoms with E-state index in [1.165, 1.54) is 5.56 Å². The summed E-state index contributed by atoms with van der Waals surface area (Å²) in [5.74, 6) is -5.40. The minimum Gasteiger partial charge on any atom is -0.350 e. The Balaban J connectivity index is 0.000000361. The molecule has 1 N–H and O–H groups in total. The van der Waals surface area contributed by atoms with Crippen molar-refractivity contribution in [3.8, 4) is 0 Å². The third kappa shape index (κ3) is 6.25. The first kappa shape index (κ1) is 18.7. The number of alkyl halides is 6. The molecule has 1 unspecified atom stereocenters. The van der Waals surface area contributed by atoms with Crippen LogP contribution in [-0.2, 0) is 6.54 Å². The third-order valence-electron chi connectivity index (χ3n) is 2.03. The second-order valence-electron chi connectivity index (χ2n) is 4.20. The quantitative estimate of drug-likeness (QED) is 0.867. The molecule has 0 radical (unpaired) electrons. The highest BCUT2D eigenvalue weighted by Gasteiger charge is 2.62. The summed E-state index contributed by atoms with van der Waals surface area (Å²) in [4.78, 5) is 2.16. The minimum absolute atomic E-state index is 1.03. The minimum atomic E-state index is -5.94. The first-order valence-corrected chi connectivity index (χ1v) is 5.43. The van der Waals surface area contributed by atoms with Crippen molar-refractivity contribution in [3.05, 3.63) is 35.9 Å². The third-order valence-corrected chi connectivity index (χ3v) is 2.03. The molecule has 0 aliphatic carbocycles. The van der Waals surface area contributed by atoms with E-state index in [1.54, 1.807) is 0 Å². The lowest BCUT2D eigenvalue weighted by atomic mass is 10.2. The van der Waals surface area contributed by atoms with E-state index in [-0.39, 0.29) is 0 Å². The fourth-order valence-electron chi connectivity index (χ4n) is 1.07. The summed E-state index contributed by atoms with van der Waals surface area (Å²) in [5, 5.41) is 7.39. The van der Waals surface area contributed by atoms with Crippen molar-refractivity contribution in [2.45, 2.75) is 25.0 Å². The van der Waals surface area contributed by atoms with Gasteiger partial charge in [0, 0.05) is 6.54 Å². The predicted molar refractivity (Wildman–Crippen MR) is 61.9 cm³/mol. The lowest BCUT2D eigenvalue weighted by molar-refractivity contribution is -0.352. The van der Waals surface area contributed by atoms with Crippen LogP contribution in [0.25, 0.3) is 0 Å². The number of halogens is 6. The molecule has 0 amide bonds. The molecule has 0 saturated heterocycles. The average molecular weight is 303 g/mol. The zero-order valence-electron chi connectivity index (χ0n) is 10.8. The van der Waals surface area contributed by atoms with Gasteiger partial charge in [0.15, 0.2) is 0 Å². The van der Waals surface area contributed by atoms with Crippen LogP contribution in [0.2, 0.25) is 0 Å². The molecule has 0 bridgehead atoms. The SMILES string of the molecule is CN(C)Cc1ccccc1.OC(F)(C(F)F)C(F)(F)F. The molecule has 1 atom stereocenters. The molecule has 0 spiro atoms. The summed E-state index contributed by atoms with van der Waals surface area (Å²) in [7, 11) is 4.15. The molecule has 0 aliphatic rings. The largest absolute Gasteiger partial charge is 0.454 e. The van der Waals surface area contributed by atoms with Gasteiger partial charge >= 0.3 is 18.5 Å². The highest BCUT2D eigenvalue weighted by atomic mass is 19.4. The lowest BCUT2D eigenvalue weighted by Gasteiger charge is -2.20. The van der Waals surface area contributed by atoms with E-state index in [9.17, 15) is 26.3 Å².